The van der Waals surface area contributed by atoms with E-state index >= 15 is 0 Å². The van der Waals surface area contributed by atoms with E-state index in [0.29, 0.717) is 18.7 Å². The number of nitriles is 1. The summed E-state index contributed by atoms with van der Waals surface area (Å²) in [4.78, 5) is 17.8. The summed E-state index contributed by atoms with van der Waals surface area (Å²) >= 11 is 0. The lowest BCUT2D eigenvalue weighted by Gasteiger charge is -2.17. The number of nitrogens with zero attached hydrogens (tertiary/aromatic N) is 3. The van der Waals surface area contributed by atoms with Crippen LogP contribution in [0.3, 0.4) is 0 Å². The summed E-state index contributed by atoms with van der Waals surface area (Å²) < 4.78 is 5.22. The average Bonchev–Trinajstić information content (AvgIpc) is 2.55. The second kappa shape index (κ2) is 7.79. The summed E-state index contributed by atoms with van der Waals surface area (Å²) in [7, 11) is 1.86. The zero-order chi connectivity index (χ0) is 15.8. The Hall–Kier alpha value is -2.87. The maximum absolute atomic E-state index is 11.7. The van der Waals surface area contributed by atoms with E-state index in [4.69, 9.17) is 10.00 Å². The van der Waals surface area contributed by atoms with Gasteiger partial charge in [0.2, 0.25) is 0 Å². The Morgan fingerprint density at radius 3 is 2.68 bits per heavy atom. The maximum Gasteiger partial charge on any atom is 0.310 e. The fourth-order valence-electron chi connectivity index (χ4n) is 1.90. The van der Waals surface area contributed by atoms with E-state index < -0.39 is 0 Å². The van der Waals surface area contributed by atoms with E-state index in [1.54, 1.807) is 12.1 Å². The van der Waals surface area contributed by atoms with Crippen LogP contribution in [0.15, 0.2) is 48.7 Å². The lowest BCUT2D eigenvalue weighted by Crippen LogP contribution is -2.25. The van der Waals surface area contributed by atoms with Crippen molar-refractivity contribution in [1.29, 1.82) is 5.26 Å². The standard InChI is InChI=1S/C17H17N3O2/c1-20(16-8-7-15(12-18)13-19-16)9-10-22-17(21)11-14-5-3-2-4-6-14/h2-8,13H,9-11H2,1H3. The molecule has 0 aliphatic heterocycles. The van der Waals surface area contributed by atoms with E-state index in [1.165, 1.54) is 6.20 Å². The van der Waals surface area contributed by atoms with Crippen LogP contribution in [0.25, 0.3) is 0 Å². The number of ether oxygens (including phenoxy) is 1. The summed E-state index contributed by atoms with van der Waals surface area (Å²) in [6, 6.07) is 15.0. The molecule has 2 aromatic rings. The van der Waals surface area contributed by atoms with Crippen LogP contribution in [-0.2, 0) is 16.0 Å². The molecule has 0 bridgehead atoms. The molecule has 5 heteroatoms. The zero-order valence-corrected chi connectivity index (χ0v) is 12.4. The number of hydrogen-bond acceptors (Lipinski definition) is 5. The number of esters is 1. The van der Waals surface area contributed by atoms with Gasteiger partial charge in [-0.15, -0.1) is 0 Å². The van der Waals surface area contributed by atoms with E-state index in [2.05, 4.69) is 4.98 Å². The summed E-state index contributed by atoms with van der Waals surface area (Å²) in [5.74, 6) is 0.491. The zero-order valence-electron chi connectivity index (χ0n) is 12.4. The van der Waals surface area contributed by atoms with Crippen molar-refractivity contribution in [3.05, 3.63) is 59.8 Å². The van der Waals surface area contributed by atoms with Crippen LogP contribution in [0.4, 0.5) is 5.82 Å². The number of aromatic nitrogens is 1. The van der Waals surface area contributed by atoms with Crippen molar-refractivity contribution in [1.82, 2.24) is 4.98 Å². The highest BCUT2D eigenvalue weighted by Gasteiger charge is 2.06. The molecular formula is C17H17N3O2. The van der Waals surface area contributed by atoms with Gasteiger partial charge < -0.3 is 9.64 Å². The lowest BCUT2D eigenvalue weighted by atomic mass is 10.2. The van der Waals surface area contributed by atoms with Crippen LogP contribution in [0.1, 0.15) is 11.1 Å². The third-order valence-electron chi connectivity index (χ3n) is 3.15. The second-order valence-corrected chi connectivity index (χ2v) is 4.82. The number of likely N-dealkylation sites (N-methyl/N-ethyl adjacent to an activating group) is 1. The predicted molar refractivity (Wildman–Crippen MR) is 83.3 cm³/mol. The van der Waals surface area contributed by atoms with E-state index in [1.807, 2.05) is 48.3 Å². The van der Waals surface area contributed by atoms with Crippen LogP contribution < -0.4 is 4.90 Å². The number of benzene rings is 1. The molecule has 0 aliphatic rings. The van der Waals surface area contributed by atoms with Gasteiger partial charge in [-0.2, -0.15) is 5.26 Å². The summed E-state index contributed by atoms with van der Waals surface area (Å²) in [6.45, 7) is 0.837. The molecule has 0 saturated heterocycles. The predicted octanol–water partition coefficient (Wildman–Crippen LogP) is 2.18. The molecule has 0 fully saturated rings. The molecule has 0 amide bonds. The Labute approximate surface area is 129 Å². The molecule has 1 heterocycles. The first kappa shape index (κ1) is 15.5. The molecule has 22 heavy (non-hydrogen) atoms. The van der Waals surface area contributed by atoms with Gasteiger partial charge in [-0.25, -0.2) is 4.98 Å². The van der Waals surface area contributed by atoms with Gasteiger partial charge in [0, 0.05) is 13.2 Å². The van der Waals surface area contributed by atoms with Gasteiger partial charge in [0.05, 0.1) is 18.5 Å². The molecule has 112 valence electrons. The van der Waals surface area contributed by atoms with E-state index in [-0.39, 0.29) is 12.4 Å². The van der Waals surface area contributed by atoms with Crippen molar-refractivity contribution < 1.29 is 9.53 Å². The molecule has 1 aromatic heterocycles. The second-order valence-electron chi connectivity index (χ2n) is 4.82. The summed E-state index contributed by atoms with van der Waals surface area (Å²) in [5.41, 5.74) is 1.46. The summed E-state index contributed by atoms with van der Waals surface area (Å²) in [5, 5.41) is 8.73. The van der Waals surface area contributed by atoms with Crippen molar-refractivity contribution in [3.63, 3.8) is 0 Å². The van der Waals surface area contributed by atoms with Crippen molar-refractivity contribution in [2.75, 3.05) is 25.1 Å². The van der Waals surface area contributed by atoms with Crippen LogP contribution >= 0.6 is 0 Å². The molecule has 0 atom stereocenters. The van der Waals surface area contributed by atoms with Gasteiger partial charge >= 0.3 is 5.97 Å². The number of carbonyl (C=O) groups is 1. The van der Waals surface area contributed by atoms with Crippen LogP contribution in [0.5, 0.6) is 0 Å². The van der Waals surface area contributed by atoms with Crippen LogP contribution in [-0.4, -0.2) is 31.2 Å². The molecule has 0 unspecified atom stereocenters. The largest absolute Gasteiger partial charge is 0.464 e. The highest BCUT2D eigenvalue weighted by atomic mass is 16.5. The Kier molecular flexibility index (Phi) is 5.50. The first-order chi connectivity index (χ1) is 10.7. The highest BCUT2D eigenvalue weighted by Crippen LogP contribution is 2.08. The quantitative estimate of drug-likeness (QED) is 0.764. The van der Waals surface area contributed by atoms with E-state index in [9.17, 15) is 4.79 Å². The van der Waals surface area contributed by atoms with Gasteiger partial charge in [-0.1, -0.05) is 30.3 Å². The summed E-state index contributed by atoms with van der Waals surface area (Å²) in [6.07, 6.45) is 1.80. The highest BCUT2D eigenvalue weighted by molar-refractivity contribution is 5.72. The minimum absolute atomic E-state index is 0.243. The molecule has 5 nitrogen and oxygen atoms in total. The SMILES string of the molecule is CN(CCOC(=O)Cc1ccccc1)c1ccc(C#N)cn1. The van der Waals surface area contributed by atoms with Crippen LogP contribution in [0.2, 0.25) is 0 Å². The number of rotatable bonds is 6. The Balaban J connectivity index is 1.75. The minimum atomic E-state index is -0.243. The number of hydrogen-bond donors (Lipinski definition) is 0. The smallest absolute Gasteiger partial charge is 0.310 e. The van der Waals surface area contributed by atoms with Gasteiger partial charge in [0.15, 0.2) is 0 Å². The van der Waals surface area contributed by atoms with Gasteiger partial charge in [-0.3, -0.25) is 4.79 Å². The lowest BCUT2D eigenvalue weighted by molar-refractivity contribution is -0.142. The molecule has 0 radical (unpaired) electrons. The van der Waals surface area contributed by atoms with Crippen molar-refractivity contribution >= 4 is 11.8 Å². The van der Waals surface area contributed by atoms with Gasteiger partial charge in [0.25, 0.3) is 0 Å². The maximum atomic E-state index is 11.7. The van der Waals surface area contributed by atoms with Crippen molar-refractivity contribution in [2.45, 2.75) is 6.42 Å². The van der Waals surface area contributed by atoms with Crippen LogP contribution in [0, 0.1) is 11.3 Å². The minimum Gasteiger partial charge on any atom is -0.464 e. The first-order valence-corrected chi connectivity index (χ1v) is 6.96. The average molecular weight is 295 g/mol. The topological polar surface area (TPSA) is 66.2 Å². The fraction of sp³-hybridized carbons (Fsp3) is 0.235. The monoisotopic (exact) mass is 295 g/mol. The molecule has 0 spiro atoms. The van der Waals surface area contributed by atoms with E-state index in [0.717, 1.165) is 11.4 Å². The van der Waals surface area contributed by atoms with Gasteiger partial charge in [0.1, 0.15) is 18.5 Å². The normalized spacial score (nSPS) is 9.82. The molecule has 0 N–H and O–H groups in total. The Morgan fingerprint density at radius 1 is 1.27 bits per heavy atom. The molecule has 0 saturated carbocycles. The number of anilines is 1. The fourth-order valence-corrected chi connectivity index (χ4v) is 1.90. The molecule has 2 rings (SSSR count). The van der Waals surface area contributed by atoms with Gasteiger partial charge in [-0.05, 0) is 17.7 Å². The molecular weight excluding hydrogens is 278 g/mol. The number of pyridine rings is 1. The van der Waals surface area contributed by atoms with Crippen molar-refractivity contribution in [2.24, 2.45) is 0 Å². The first-order valence-electron chi connectivity index (χ1n) is 6.96. The third kappa shape index (κ3) is 4.60. The molecule has 0 aliphatic carbocycles. The number of carbonyl (C=O) groups excluding carboxylic acids is 1. The molecule has 1 aromatic carbocycles. The Morgan fingerprint density at radius 2 is 2.05 bits per heavy atom. The Bertz CT molecular complexity index is 648. The third-order valence-corrected chi connectivity index (χ3v) is 3.15. The van der Waals surface area contributed by atoms with Crippen molar-refractivity contribution in [3.8, 4) is 6.07 Å².